The van der Waals surface area contributed by atoms with Crippen LogP contribution in [0.5, 0.6) is 0 Å². The van der Waals surface area contributed by atoms with Crippen LogP contribution >= 0.6 is 0 Å². The number of rotatable bonds is 7. The molecule has 1 heterocycles. The number of aromatic nitrogens is 2. The lowest BCUT2D eigenvalue weighted by Gasteiger charge is -2.05. The highest BCUT2D eigenvalue weighted by atomic mass is 19.4. The van der Waals surface area contributed by atoms with E-state index in [2.05, 4.69) is 14.9 Å². The van der Waals surface area contributed by atoms with E-state index in [9.17, 15) is 13.2 Å². The summed E-state index contributed by atoms with van der Waals surface area (Å²) in [6.07, 6.45) is -3.97. The Balaban J connectivity index is 2.31. The Morgan fingerprint density at radius 2 is 2.17 bits per heavy atom. The van der Waals surface area contributed by atoms with Crippen LogP contribution in [0.15, 0.2) is 4.52 Å². The first kappa shape index (κ1) is 14.9. The molecule has 0 saturated carbocycles. The molecule has 6 nitrogen and oxygen atoms in total. The third kappa shape index (κ3) is 5.43. The third-order valence-corrected chi connectivity index (χ3v) is 1.98. The van der Waals surface area contributed by atoms with Gasteiger partial charge in [0.15, 0.2) is 5.82 Å². The van der Waals surface area contributed by atoms with E-state index in [1.165, 1.54) is 0 Å². The molecule has 18 heavy (non-hydrogen) atoms. The highest BCUT2D eigenvalue weighted by Crippen LogP contribution is 2.15. The molecule has 0 spiro atoms. The van der Waals surface area contributed by atoms with Crippen LogP contribution in [-0.4, -0.2) is 41.2 Å². The second kappa shape index (κ2) is 6.66. The fourth-order valence-corrected chi connectivity index (χ4v) is 1.13. The Kier molecular flexibility index (Phi) is 5.51. The molecule has 0 amide bonds. The summed E-state index contributed by atoms with van der Waals surface area (Å²) in [5.41, 5.74) is 5.59. The molecule has 0 radical (unpaired) electrons. The number of aliphatic hydroxyl groups is 1. The van der Waals surface area contributed by atoms with Crippen molar-refractivity contribution in [2.24, 2.45) is 5.73 Å². The van der Waals surface area contributed by atoms with Crippen LogP contribution in [-0.2, 0) is 11.2 Å². The lowest BCUT2D eigenvalue weighted by molar-refractivity contribution is -0.173. The Labute approximate surface area is 101 Å². The van der Waals surface area contributed by atoms with Crippen LogP contribution in [0.1, 0.15) is 24.2 Å². The van der Waals surface area contributed by atoms with Gasteiger partial charge in [-0.05, 0) is 6.42 Å². The molecular formula is C9H14F3N3O3. The molecule has 0 aliphatic heterocycles. The number of aliphatic hydroxyl groups excluding tert-OH is 1. The fraction of sp³-hybridized carbons (Fsp3) is 0.778. The molecule has 1 rings (SSSR count). The van der Waals surface area contributed by atoms with Crippen molar-refractivity contribution in [3.63, 3.8) is 0 Å². The molecule has 3 N–H and O–H groups in total. The standard InChI is InChI=1S/C9H14F3N3O3/c10-9(11,12)5-17-4-2-7-14-8(18-15-7)6(13)1-3-16/h6,16H,1-5,13H2. The fourth-order valence-electron chi connectivity index (χ4n) is 1.13. The maximum Gasteiger partial charge on any atom is 0.411 e. The molecule has 1 atom stereocenters. The summed E-state index contributed by atoms with van der Waals surface area (Å²) in [7, 11) is 0. The lowest BCUT2D eigenvalue weighted by Crippen LogP contribution is -2.18. The number of halogens is 3. The Bertz CT molecular complexity index is 356. The summed E-state index contributed by atoms with van der Waals surface area (Å²) < 4.78 is 44.5. The molecule has 9 heteroatoms. The Morgan fingerprint density at radius 3 is 2.78 bits per heavy atom. The molecule has 0 bridgehead atoms. The van der Waals surface area contributed by atoms with E-state index < -0.39 is 18.8 Å². The molecular weight excluding hydrogens is 255 g/mol. The lowest BCUT2D eigenvalue weighted by atomic mass is 10.2. The van der Waals surface area contributed by atoms with Gasteiger partial charge in [-0.1, -0.05) is 5.16 Å². The number of alkyl halides is 3. The number of hydrogen-bond donors (Lipinski definition) is 2. The van der Waals surface area contributed by atoms with E-state index in [1.54, 1.807) is 0 Å². The summed E-state index contributed by atoms with van der Waals surface area (Å²) >= 11 is 0. The number of hydrogen-bond acceptors (Lipinski definition) is 6. The highest BCUT2D eigenvalue weighted by molar-refractivity contribution is 4.91. The Morgan fingerprint density at radius 1 is 1.44 bits per heavy atom. The van der Waals surface area contributed by atoms with Crippen molar-refractivity contribution in [2.75, 3.05) is 19.8 Å². The van der Waals surface area contributed by atoms with E-state index in [1.807, 2.05) is 0 Å². The van der Waals surface area contributed by atoms with Crippen LogP contribution in [0, 0.1) is 0 Å². The molecule has 1 aromatic heterocycles. The molecule has 0 saturated heterocycles. The summed E-state index contributed by atoms with van der Waals surface area (Å²) in [4.78, 5) is 3.89. The topological polar surface area (TPSA) is 94.4 Å². The summed E-state index contributed by atoms with van der Waals surface area (Å²) in [5.74, 6) is 0.371. The first-order valence-corrected chi connectivity index (χ1v) is 5.26. The smallest absolute Gasteiger partial charge is 0.396 e. The molecule has 0 aliphatic carbocycles. The van der Waals surface area contributed by atoms with Crippen molar-refractivity contribution in [3.05, 3.63) is 11.7 Å². The normalized spacial score (nSPS) is 13.8. The zero-order valence-corrected chi connectivity index (χ0v) is 9.48. The van der Waals surface area contributed by atoms with E-state index in [-0.39, 0.29) is 37.8 Å². The van der Waals surface area contributed by atoms with Crippen molar-refractivity contribution in [2.45, 2.75) is 25.1 Å². The minimum atomic E-state index is -4.34. The van der Waals surface area contributed by atoms with Crippen molar-refractivity contribution < 1.29 is 27.5 Å². The van der Waals surface area contributed by atoms with Crippen molar-refractivity contribution in [1.29, 1.82) is 0 Å². The SMILES string of the molecule is NC(CCO)c1nc(CCOCC(F)(F)F)no1. The van der Waals surface area contributed by atoms with Crippen LogP contribution < -0.4 is 5.73 Å². The van der Waals surface area contributed by atoms with Gasteiger partial charge in [-0.2, -0.15) is 18.2 Å². The van der Waals surface area contributed by atoms with Crippen LogP contribution in [0.25, 0.3) is 0 Å². The largest absolute Gasteiger partial charge is 0.411 e. The molecule has 1 aromatic rings. The van der Waals surface area contributed by atoms with Gasteiger partial charge in [-0.25, -0.2) is 0 Å². The predicted molar refractivity (Wildman–Crippen MR) is 53.5 cm³/mol. The molecule has 0 fully saturated rings. The van der Waals surface area contributed by atoms with Crippen LogP contribution in [0.3, 0.4) is 0 Å². The number of nitrogens with two attached hydrogens (primary N) is 1. The minimum absolute atomic E-state index is 0.103. The summed E-state index contributed by atoms with van der Waals surface area (Å²) in [5, 5.41) is 12.2. The van der Waals surface area contributed by atoms with Crippen molar-refractivity contribution in [3.8, 4) is 0 Å². The van der Waals surface area contributed by atoms with E-state index in [4.69, 9.17) is 15.4 Å². The monoisotopic (exact) mass is 269 g/mol. The van der Waals surface area contributed by atoms with Gasteiger partial charge in [0, 0.05) is 13.0 Å². The van der Waals surface area contributed by atoms with Crippen molar-refractivity contribution in [1.82, 2.24) is 10.1 Å². The van der Waals surface area contributed by atoms with Crippen LogP contribution in [0.2, 0.25) is 0 Å². The van der Waals surface area contributed by atoms with Gasteiger partial charge < -0.3 is 20.1 Å². The molecule has 1 unspecified atom stereocenters. The second-order valence-electron chi connectivity index (χ2n) is 3.59. The van der Waals surface area contributed by atoms with Gasteiger partial charge in [0.05, 0.1) is 12.6 Å². The maximum atomic E-state index is 11.8. The minimum Gasteiger partial charge on any atom is -0.396 e. The van der Waals surface area contributed by atoms with Crippen LogP contribution in [0.4, 0.5) is 13.2 Å². The average molecular weight is 269 g/mol. The van der Waals surface area contributed by atoms with Gasteiger partial charge in [0.25, 0.3) is 0 Å². The Hall–Kier alpha value is -1.19. The maximum absolute atomic E-state index is 11.8. The second-order valence-corrected chi connectivity index (χ2v) is 3.59. The predicted octanol–water partition coefficient (Wildman–Crippen LogP) is 0.573. The van der Waals surface area contributed by atoms with Gasteiger partial charge in [-0.3, -0.25) is 0 Å². The first-order chi connectivity index (χ1) is 8.42. The average Bonchev–Trinajstić information content (AvgIpc) is 2.72. The van der Waals surface area contributed by atoms with E-state index in [0.717, 1.165) is 0 Å². The van der Waals surface area contributed by atoms with Crippen molar-refractivity contribution >= 4 is 0 Å². The van der Waals surface area contributed by atoms with E-state index >= 15 is 0 Å². The van der Waals surface area contributed by atoms with Gasteiger partial charge in [0.1, 0.15) is 6.61 Å². The van der Waals surface area contributed by atoms with Gasteiger partial charge in [-0.15, -0.1) is 0 Å². The first-order valence-electron chi connectivity index (χ1n) is 5.26. The van der Waals surface area contributed by atoms with Gasteiger partial charge in [0.2, 0.25) is 5.89 Å². The third-order valence-electron chi connectivity index (χ3n) is 1.98. The summed E-state index contributed by atoms with van der Waals surface area (Å²) in [6, 6.07) is -0.577. The highest BCUT2D eigenvalue weighted by Gasteiger charge is 2.27. The number of ether oxygens (including phenoxy) is 1. The van der Waals surface area contributed by atoms with Gasteiger partial charge >= 0.3 is 6.18 Å². The zero-order chi connectivity index (χ0) is 13.6. The summed E-state index contributed by atoms with van der Waals surface area (Å²) in [6.45, 7) is -1.58. The molecule has 0 aliphatic rings. The quantitative estimate of drug-likeness (QED) is 0.703. The molecule has 0 aromatic carbocycles. The number of nitrogens with zero attached hydrogens (tertiary/aromatic N) is 2. The molecule has 104 valence electrons. The van der Waals surface area contributed by atoms with E-state index in [0.29, 0.717) is 0 Å². The zero-order valence-electron chi connectivity index (χ0n) is 9.48.